The molecule has 3 rings (SSSR count). The molecular formula is C19H15IN2O2S. The third-order valence-corrected chi connectivity index (χ3v) is 4.97. The molecule has 0 spiro atoms. The monoisotopic (exact) mass is 462 g/mol. The van der Waals surface area contributed by atoms with Gasteiger partial charge in [0.25, 0.3) is 11.8 Å². The van der Waals surface area contributed by atoms with E-state index in [1.165, 1.54) is 4.90 Å². The zero-order chi connectivity index (χ0) is 18.1. The zero-order valence-corrected chi connectivity index (χ0v) is 16.6. The first-order valence-electron chi connectivity index (χ1n) is 7.61. The number of nitrogens with zero attached hydrogens (tertiary/aromatic N) is 1. The van der Waals surface area contributed by atoms with Gasteiger partial charge in [0, 0.05) is 3.57 Å². The second-order valence-electron chi connectivity index (χ2n) is 5.78. The number of amides is 2. The Balaban J connectivity index is 2.03. The summed E-state index contributed by atoms with van der Waals surface area (Å²) in [5, 5.41) is 2.70. The second-order valence-corrected chi connectivity index (χ2v) is 7.41. The van der Waals surface area contributed by atoms with E-state index in [9.17, 15) is 9.59 Å². The summed E-state index contributed by atoms with van der Waals surface area (Å²) < 4.78 is 1.03. The van der Waals surface area contributed by atoms with Crippen LogP contribution in [-0.4, -0.2) is 16.9 Å². The van der Waals surface area contributed by atoms with Crippen molar-refractivity contribution in [3.63, 3.8) is 0 Å². The van der Waals surface area contributed by atoms with Crippen LogP contribution in [0.4, 0.5) is 5.69 Å². The summed E-state index contributed by atoms with van der Waals surface area (Å²) in [4.78, 5) is 26.6. The predicted molar refractivity (Wildman–Crippen MR) is 111 cm³/mol. The fourth-order valence-electron chi connectivity index (χ4n) is 2.52. The van der Waals surface area contributed by atoms with Crippen LogP contribution in [0.5, 0.6) is 0 Å². The van der Waals surface area contributed by atoms with Gasteiger partial charge in [0.15, 0.2) is 5.11 Å². The smallest absolute Gasteiger partial charge is 0.270 e. The lowest BCUT2D eigenvalue weighted by atomic mass is 10.1. The Bertz CT molecular complexity index is 937. The number of nitrogens with one attached hydrogen (secondary N) is 1. The van der Waals surface area contributed by atoms with Crippen molar-refractivity contribution in [1.82, 2.24) is 5.32 Å². The minimum atomic E-state index is -0.478. The van der Waals surface area contributed by atoms with Gasteiger partial charge >= 0.3 is 0 Å². The van der Waals surface area contributed by atoms with Crippen molar-refractivity contribution in [2.45, 2.75) is 13.8 Å². The molecule has 0 atom stereocenters. The van der Waals surface area contributed by atoms with E-state index in [2.05, 4.69) is 27.9 Å². The number of carbonyl (C=O) groups is 2. The van der Waals surface area contributed by atoms with Crippen molar-refractivity contribution >= 4 is 63.5 Å². The van der Waals surface area contributed by atoms with Crippen LogP contribution in [0.2, 0.25) is 0 Å². The summed E-state index contributed by atoms with van der Waals surface area (Å²) in [6.45, 7) is 3.97. The van der Waals surface area contributed by atoms with Crippen LogP contribution in [-0.2, 0) is 9.59 Å². The minimum absolute atomic E-state index is 0.0637. The molecule has 1 saturated heterocycles. The fourth-order valence-corrected chi connectivity index (χ4v) is 3.37. The van der Waals surface area contributed by atoms with Crippen LogP contribution in [0.1, 0.15) is 16.7 Å². The van der Waals surface area contributed by atoms with Gasteiger partial charge in [-0.05, 0) is 95.7 Å². The van der Waals surface area contributed by atoms with Gasteiger partial charge in [-0.2, -0.15) is 0 Å². The molecule has 1 fully saturated rings. The fraction of sp³-hybridized carbons (Fsp3) is 0.105. The Hall–Kier alpha value is -2.06. The predicted octanol–water partition coefficient (Wildman–Crippen LogP) is 3.74. The van der Waals surface area contributed by atoms with E-state index in [-0.39, 0.29) is 10.7 Å². The Morgan fingerprint density at radius 2 is 1.84 bits per heavy atom. The maximum absolute atomic E-state index is 12.9. The second kappa shape index (κ2) is 7.05. The van der Waals surface area contributed by atoms with Gasteiger partial charge < -0.3 is 0 Å². The Kier molecular flexibility index (Phi) is 5.01. The largest absolute Gasteiger partial charge is 0.298 e. The number of anilines is 1. The normalized spacial score (nSPS) is 16.4. The molecule has 2 aromatic rings. The van der Waals surface area contributed by atoms with Crippen LogP contribution in [0.3, 0.4) is 0 Å². The molecule has 6 heteroatoms. The number of benzene rings is 2. The molecule has 2 amide bonds. The van der Waals surface area contributed by atoms with Gasteiger partial charge in [0.1, 0.15) is 5.57 Å². The van der Waals surface area contributed by atoms with Gasteiger partial charge in [-0.25, -0.2) is 0 Å². The van der Waals surface area contributed by atoms with Crippen LogP contribution >= 0.6 is 34.8 Å². The zero-order valence-electron chi connectivity index (χ0n) is 13.7. The first-order valence-corrected chi connectivity index (χ1v) is 9.10. The molecule has 1 aliphatic rings. The average Bonchev–Trinajstić information content (AvgIpc) is 2.55. The van der Waals surface area contributed by atoms with Gasteiger partial charge in [-0.3, -0.25) is 19.8 Å². The quantitative estimate of drug-likeness (QED) is 0.320. The van der Waals surface area contributed by atoms with E-state index >= 15 is 0 Å². The Morgan fingerprint density at radius 3 is 2.52 bits per heavy atom. The molecule has 25 heavy (non-hydrogen) atoms. The van der Waals surface area contributed by atoms with Crippen molar-refractivity contribution in [1.29, 1.82) is 0 Å². The summed E-state index contributed by atoms with van der Waals surface area (Å²) in [7, 11) is 0. The van der Waals surface area contributed by atoms with E-state index < -0.39 is 11.8 Å². The van der Waals surface area contributed by atoms with Crippen molar-refractivity contribution in [2.75, 3.05) is 4.90 Å². The van der Waals surface area contributed by atoms with E-state index in [1.807, 2.05) is 56.3 Å². The van der Waals surface area contributed by atoms with E-state index in [1.54, 1.807) is 6.08 Å². The lowest BCUT2D eigenvalue weighted by molar-refractivity contribution is -0.122. The Labute approximate surface area is 165 Å². The molecule has 0 bridgehead atoms. The van der Waals surface area contributed by atoms with Gasteiger partial charge in [-0.1, -0.05) is 18.2 Å². The molecule has 0 unspecified atom stereocenters. The standard InChI is InChI=1S/C19H15IN2O2S/c1-11-6-7-15(8-12(11)2)22-18(24)16(17(23)21-19(22)25)10-13-4-3-5-14(20)9-13/h3-10H,1-2H3,(H,21,23,25). The first-order chi connectivity index (χ1) is 11.9. The number of hydrogen-bond acceptors (Lipinski definition) is 3. The molecule has 1 N–H and O–H groups in total. The third-order valence-electron chi connectivity index (χ3n) is 4.01. The number of hydrogen-bond donors (Lipinski definition) is 1. The van der Waals surface area contributed by atoms with Gasteiger partial charge in [0.05, 0.1) is 5.69 Å². The lowest BCUT2D eigenvalue weighted by Crippen LogP contribution is -2.54. The highest BCUT2D eigenvalue weighted by atomic mass is 127. The van der Waals surface area contributed by atoms with Crippen molar-refractivity contribution in [3.05, 3.63) is 68.3 Å². The molecule has 0 aliphatic carbocycles. The minimum Gasteiger partial charge on any atom is -0.298 e. The topological polar surface area (TPSA) is 49.4 Å². The molecule has 4 nitrogen and oxygen atoms in total. The van der Waals surface area contributed by atoms with E-state index in [0.29, 0.717) is 5.69 Å². The maximum atomic E-state index is 12.9. The summed E-state index contributed by atoms with van der Waals surface area (Å²) in [6, 6.07) is 13.2. The van der Waals surface area contributed by atoms with Crippen molar-refractivity contribution < 1.29 is 9.59 Å². The molecule has 0 aromatic heterocycles. The molecule has 0 saturated carbocycles. The SMILES string of the molecule is Cc1ccc(N2C(=O)C(=Cc3cccc(I)c3)C(=O)NC2=S)cc1C. The average molecular weight is 462 g/mol. The highest BCUT2D eigenvalue weighted by Gasteiger charge is 2.34. The summed E-state index contributed by atoms with van der Waals surface area (Å²) in [5.41, 5.74) is 3.67. The molecule has 0 radical (unpaired) electrons. The van der Waals surface area contributed by atoms with Crippen LogP contribution in [0, 0.1) is 17.4 Å². The molecule has 1 heterocycles. The number of halogens is 1. The molecular weight excluding hydrogens is 447 g/mol. The van der Waals surface area contributed by atoms with E-state index in [4.69, 9.17) is 12.2 Å². The van der Waals surface area contributed by atoms with Crippen LogP contribution in [0.25, 0.3) is 6.08 Å². The molecule has 2 aromatic carbocycles. The Morgan fingerprint density at radius 1 is 1.08 bits per heavy atom. The molecule has 1 aliphatic heterocycles. The third kappa shape index (κ3) is 3.64. The van der Waals surface area contributed by atoms with Crippen molar-refractivity contribution in [3.8, 4) is 0 Å². The maximum Gasteiger partial charge on any atom is 0.270 e. The van der Waals surface area contributed by atoms with E-state index in [0.717, 1.165) is 20.3 Å². The number of rotatable bonds is 2. The summed E-state index contributed by atoms with van der Waals surface area (Å²) in [5.74, 6) is -0.898. The first kappa shape index (κ1) is 17.8. The highest BCUT2D eigenvalue weighted by molar-refractivity contribution is 14.1. The number of aryl methyl sites for hydroxylation is 2. The van der Waals surface area contributed by atoms with Gasteiger partial charge in [-0.15, -0.1) is 0 Å². The number of carbonyl (C=O) groups excluding carboxylic acids is 2. The van der Waals surface area contributed by atoms with Gasteiger partial charge in [0.2, 0.25) is 0 Å². The number of thiocarbonyl (C=S) groups is 1. The van der Waals surface area contributed by atoms with Crippen LogP contribution < -0.4 is 10.2 Å². The molecule has 126 valence electrons. The summed E-state index contributed by atoms with van der Waals surface area (Å²) >= 11 is 7.41. The van der Waals surface area contributed by atoms with Crippen LogP contribution in [0.15, 0.2) is 48.0 Å². The van der Waals surface area contributed by atoms with Crippen molar-refractivity contribution in [2.24, 2.45) is 0 Å². The summed E-state index contributed by atoms with van der Waals surface area (Å²) in [6.07, 6.45) is 1.59. The lowest BCUT2D eigenvalue weighted by Gasteiger charge is -2.29. The highest BCUT2D eigenvalue weighted by Crippen LogP contribution is 2.24.